The van der Waals surface area contributed by atoms with E-state index in [1.54, 1.807) is 18.4 Å². The van der Waals surface area contributed by atoms with Gasteiger partial charge in [-0.2, -0.15) is 0 Å². The second-order valence-corrected chi connectivity index (χ2v) is 8.05. The van der Waals surface area contributed by atoms with Crippen molar-refractivity contribution in [3.8, 4) is 11.4 Å². The Kier molecular flexibility index (Phi) is 4.21. The van der Waals surface area contributed by atoms with Gasteiger partial charge in [0, 0.05) is 18.1 Å². The van der Waals surface area contributed by atoms with Gasteiger partial charge >= 0.3 is 0 Å². The number of amides is 1. The number of hydrogen-bond acceptors (Lipinski definition) is 6. The molecule has 0 fully saturated rings. The molecule has 4 aromatic rings. The molecule has 8 heteroatoms. The van der Waals surface area contributed by atoms with Gasteiger partial charge in [-0.15, -0.1) is 22.7 Å². The summed E-state index contributed by atoms with van der Waals surface area (Å²) in [5.41, 5.74) is 3.81. The summed E-state index contributed by atoms with van der Waals surface area (Å²) in [6.45, 7) is 4.06. The van der Waals surface area contributed by atoms with E-state index in [-0.39, 0.29) is 5.91 Å². The summed E-state index contributed by atoms with van der Waals surface area (Å²) in [7, 11) is 1.63. The first-order valence-corrected chi connectivity index (χ1v) is 9.70. The molecule has 132 valence electrons. The number of carbonyl (C=O) groups excluding carboxylic acids is 1. The quantitative estimate of drug-likeness (QED) is 0.553. The Morgan fingerprint density at radius 2 is 1.96 bits per heavy atom. The Hall–Kier alpha value is -2.71. The van der Waals surface area contributed by atoms with Crippen LogP contribution in [0.4, 0.5) is 10.1 Å². The molecule has 0 bridgehead atoms. The van der Waals surface area contributed by atoms with Crippen LogP contribution >= 0.6 is 22.7 Å². The summed E-state index contributed by atoms with van der Waals surface area (Å²) in [6.07, 6.45) is 2.01. The van der Waals surface area contributed by atoms with Gasteiger partial charge in [-0.05, 0) is 38.1 Å². The van der Waals surface area contributed by atoms with Crippen LogP contribution in [0.15, 0.2) is 36.5 Å². The molecule has 4 aromatic heterocycles. The Morgan fingerprint density at radius 3 is 2.77 bits per heavy atom. The largest absolute Gasteiger partial charge is 0.354 e. The zero-order valence-electron chi connectivity index (χ0n) is 14.5. The van der Waals surface area contributed by atoms with Crippen molar-refractivity contribution in [2.24, 2.45) is 0 Å². The van der Waals surface area contributed by atoms with Crippen molar-refractivity contribution in [3.05, 3.63) is 52.0 Å². The molecule has 2 N–H and O–H groups in total. The lowest BCUT2D eigenvalue weighted by Gasteiger charge is -2.01. The number of thiophene rings is 1. The molecule has 0 unspecified atom stereocenters. The van der Waals surface area contributed by atoms with E-state index in [0.717, 1.165) is 37.7 Å². The van der Waals surface area contributed by atoms with Crippen LogP contribution < -0.4 is 10.6 Å². The number of nitrogens with zero attached hydrogens (tertiary/aromatic N) is 3. The molecule has 1 amide bonds. The molecular weight excluding hydrogens is 366 g/mol. The highest BCUT2D eigenvalue weighted by molar-refractivity contribution is 7.19. The van der Waals surface area contributed by atoms with Crippen molar-refractivity contribution >= 4 is 44.4 Å². The van der Waals surface area contributed by atoms with Gasteiger partial charge in [0.25, 0.3) is 5.91 Å². The molecule has 0 spiro atoms. The fourth-order valence-corrected chi connectivity index (χ4v) is 4.57. The van der Waals surface area contributed by atoms with Gasteiger partial charge in [-0.25, -0.2) is 9.97 Å². The van der Waals surface area contributed by atoms with Crippen LogP contribution in [-0.2, 0) is 0 Å². The molecule has 4 heterocycles. The standard InChI is InChI=1S/C18H17N5OS2/c1-10-16(23-9-5-4-6-13(23)20-10)15-11(2)25-18(22-15)21-14-8-7-12(26-14)17(24)19-3/h4-9H,1-3H3,(H,19,24)(H,21,22). The van der Waals surface area contributed by atoms with E-state index in [2.05, 4.69) is 26.9 Å². The molecule has 4 rings (SSSR count). The number of carbonyl (C=O) groups is 1. The zero-order chi connectivity index (χ0) is 18.3. The van der Waals surface area contributed by atoms with Crippen molar-refractivity contribution in [1.29, 1.82) is 0 Å². The number of rotatable bonds is 4. The van der Waals surface area contributed by atoms with E-state index in [9.17, 15) is 4.79 Å². The van der Waals surface area contributed by atoms with Crippen LogP contribution in [0.2, 0.25) is 0 Å². The van der Waals surface area contributed by atoms with Gasteiger partial charge in [-0.3, -0.25) is 9.20 Å². The highest BCUT2D eigenvalue weighted by Gasteiger charge is 2.18. The van der Waals surface area contributed by atoms with E-state index in [1.165, 1.54) is 11.3 Å². The van der Waals surface area contributed by atoms with Crippen LogP contribution in [0.1, 0.15) is 20.2 Å². The maximum absolute atomic E-state index is 11.7. The average molecular weight is 384 g/mol. The highest BCUT2D eigenvalue weighted by atomic mass is 32.1. The number of thiazole rings is 1. The third-order valence-corrected chi connectivity index (χ3v) is 5.90. The number of fused-ring (bicyclic) bond motifs is 1. The molecule has 0 aliphatic heterocycles. The number of imidazole rings is 1. The van der Waals surface area contributed by atoms with Crippen LogP contribution in [0.3, 0.4) is 0 Å². The minimum absolute atomic E-state index is 0.0830. The minimum atomic E-state index is -0.0830. The first-order valence-electron chi connectivity index (χ1n) is 8.07. The number of anilines is 2. The Labute approximate surface area is 158 Å². The molecule has 0 aliphatic rings. The Bertz CT molecular complexity index is 1110. The summed E-state index contributed by atoms with van der Waals surface area (Å²) < 4.78 is 2.07. The van der Waals surface area contributed by atoms with Crippen LogP contribution in [0.25, 0.3) is 17.0 Å². The summed E-state index contributed by atoms with van der Waals surface area (Å²) >= 11 is 3.00. The van der Waals surface area contributed by atoms with Crippen LogP contribution in [0.5, 0.6) is 0 Å². The molecule has 0 saturated carbocycles. The first-order chi connectivity index (χ1) is 12.6. The van der Waals surface area contributed by atoms with Crippen LogP contribution in [-0.4, -0.2) is 27.3 Å². The third kappa shape index (κ3) is 2.87. The monoisotopic (exact) mass is 383 g/mol. The predicted octanol–water partition coefficient (Wildman–Crippen LogP) is 4.24. The topological polar surface area (TPSA) is 71.3 Å². The van der Waals surface area contributed by atoms with Gasteiger partial charge in [0.15, 0.2) is 5.13 Å². The fraction of sp³-hybridized carbons (Fsp3) is 0.167. The lowest BCUT2D eigenvalue weighted by Crippen LogP contribution is -2.15. The zero-order valence-corrected chi connectivity index (χ0v) is 16.2. The first kappa shape index (κ1) is 16.7. The van der Waals surface area contributed by atoms with Gasteiger partial charge in [0.1, 0.15) is 11.3 Å². The maximum atomic E-state index is 11.7. The summed E-state index contributed by atoms with van der Waals surface area (Å²) in [5.74, 6) is -0.0830. The summed E-state index contributed by atoms with van der Waals surface area (Å²) in [6, 6.07) is 9.66. The van der Waals surface area contributed by atoms with Gasteiger partial charge in [-0.1, -0.05) is 6.07 Å². The second-order valence-electron chi connectivity index (χ2n) is 5.77. The van der Waals surface area contributed by atoms with Crippen molar-refractivity contribution in [3.63, 3.8) is 0 Å². The van der Waals surface area contributed by atoms with Crippen molar-refractivity contribution in [1.82, 2.24) is 19.7 Å². The third-order valence-electron chi connectivity index (χ3n) is 4.01. The van der Waals surface area contributed by atoms with Crippen molar-refractivity contribution < 1.29 is 4.79 Å². The molecular formula is C18H17N5OS2. The maximum Gasteiger partial charge on any atom is 0.261 e. The number of pyridine rings is 1. The van der Waals surface area contributed by atoms with E-state index in [1.807, 2.05) is 43.5 Å². The molecule has 0 aromatic carbocycles. The van der Waals surface area contributed by atoms with E-state index in [0.29, 0.717) is 4.88 Å². The minimum Gasteiger partial charge on any atom is -0.354 e. The smallest absolute Gasteiger partial charge is 0.261 e. The Morgan fingerprint density at radius 1 is 1.12 bits per heavy atom. The number of aromatic nitrogens is 3. The number of aryl methyl sites for hydroxylation is 2. The predicted molar refractivity (Wildman–Crippen MR) is 107 cm³/mol. The van der Waals surface area contributed by atoms with E-state index < -0.39 is 0 Å². The van der Waals surface area contributed by atoms with E-state index in [4.69, 9.17) is 4.98 Å². The molecule has 0 saturated heterocycles. The average Bonchev–Trinajstić information content (AvgIpc) is 3.31. The van der Waals surface area contributed by atoms with Crippen molar-refractivity contribution in [2.75, 3.05) is 12.4 Å². The SMILES string of the molecule is CNC(=O)c1ccc(Nc2nc(-c3c(C)nc4ccccn34)c(C)s2)s1. The highest BCUT2D eigenvalue weighted by Crippen LogP contribution is 2.35. The normalized spacial score (nSPS) is 11.0. The molecule has 6 nitrogen and oxygen atoms in total. The van der Waals surface area contributed by atoms with Crippen LogP contribution in [0, 0.1) is 13.8 Å². The molecule has 0 atom stereocenters. The van der Waals surface area contributed by atoms with Gasteiger partial charge in [0.2, 0.25) is 0 Å². The Balaban J connectivity index is 1.68. The lowest BCUT2D eigenvalue weighted by atomic mass is 10.2. The number of hydrogen-bond donors (Lipinski definition) is 2. The fourth-order valence-electron chi connectivity index (χ4n) is 2.82. The molecule has 26 heavy (non-hydrogen) atoms. The second kappa shape index (κ2) is 6.54. The molecule has 0 aliphatic carbocycles. The number of nitrogens with one attached hydrogen (secondary N) is 2. The van der Waals surface area contributed by atoms with Gasteiger partial charge in [0.05, 0.1) is 21.3 Å². The molecule has 0 radical (unpaired) electrons. The van der Waals surface area contributed by atoms with E-state index >= 15 is 0 Å². The summed E-state index contributed by atoms with van der Waals surface area (Å²) in [4.78, 5) is 22.9. The van der Waals surface area contributed by atoms with Crippen molar-refractivity contribution in [2.45, 2.75) is 13.8 Å². The van der Waals surface area contributed by atoms with Gasteiger partial charge < -0.3 is 10.6 Å². The lowest BCUT2D eigenvalue weighted by molar-refractivity contribution is 0.0967. The summed E-state index contributed by atoms with van der Waals surface area (Å²) in [5, 5.41) is 7.63.